The van der Waals surface area contributed by atoms with E-state index >= 15 is 0 Å². The molecule has 0 aliphatic carbocycles. The lowest BCUT2D eigenvalue weighted by atomic mass is 10.0. The minimum Gasteiger partial charge on any atom is -0.480 e. The number of carbonyl (C=O) groups excluding carboxylic acids is 3. The van der Waals surface area contributed by atoms with Crippen molar-refractivity contribution in [3.05, 3.63) is 54.1 Å². The Morgan fingerprint density at radius 3 is 2.17 bits per heavy atom. The van der Waals surface area contributed by atoms with Gasteiger partial charge in [0, 0.05) is 18.3 Å². The van der Waals surface area contributed by atoms with Crippen LogP contribution in [0.25, 0.3) is 0 Å². The molecule has 0 spiro atoms. The fourth-order valence-electron chi connectivity index (χ4n) is 3.30. The van der Waals surface area contributed by atoms with E-state index in [1.165, 1.54) is 12.5 Å². The Morgan fingerprint density at radius 2 is 1.63 bits per heavy atom. The summed E-state index contributed by atoms with van der Waals surface area (Å²) in [5, 5.41) is 25.8. The van der Waals surface area contributed by atoms with Gasteiger partial charge in [-0.05, 0) is 17.9 Å². The van der Waals surface area contributed by atoms with Crippen LogP contribution in [0.1, 0.15) is 25.1 Å². The molecule has 190 valence electrons. The molecule has 0 bridgehead atoms. The second kappa shape index (κ2) is 13.2. The Kier molecular flexibility index (Phi) is 10.4. The van der Waals surface area contributed by atoms with Gasteiger partial charge in [-0.3, -0.25) is 14.4 Å². The first kappa shape index (κ1) is 27.5. The average molecular weight is 489 g/mol. The van der Waals surface area contributed by atoms with Gasteiger partial charge in [0.2, 0.25) is 17.7 Å². The zero-order valence-corrected chi connectivity index (χ0v) is 19.6. The number of benzene rings is 1. The van der Waals surface area contributed by atoms with Crippen molar-refractivity contribution in [1.82, 2.24) is 25.9 Å². The molecule has 0 saturated heterocycles. The molecular formula is C23H32N6O6. The number of carboxylic acids is 1. The van der Waals surface area contributed by atoms with Crippen molar-refractivity contribution < 1.29 is 29.4 Å². The minimum atomic E-state index is -1.54. The van der Waals surface area contributed by atoms with E-state index in [-0.39, 0.29) is 18.8 Å². The fraction of sp³-hybridized carbons (Fsp3) is 0.435. The maximum Gasteiger partial charge on any atom is 0.328 e. The molecule has 4 atom stereocenters. The van der Waals surface area contributed by atoms with Crippen LogP contribution < -0.4 is 21.7 Å². The average Bonchev–Trinajstić information content (AvgIpc) is 3.33. The van der Waals surface area contributed by atoms with E-state index in [1.54, 1.807) is 13.8 Å². The number of aromatic nitrogens is 2. The lowest BCUT2D eigenvalue weighted by molar-refractivity contribution is -0.143. The van der Waals surface area contributed by atoms with Gasteiger partial charge in [-0.2, -0.15) is 0 Å². The van der Waals surface area contributed by atoms with Crippen molar-refractivity contribution in [2.24, 2.45) is 11.7 Å². The molecule has 1 aromatic heterocycles. The van der Waals surface area contributed by atoms with Gasteiger partial charge >= 0.3 is 5.97 Å². The highest BCUT2D eigenvalue weighted by Gasteiger charge is 2.32. The number of nitrogens with two attached hydrogens (primary N) is 1. The summed E-state index contributed by atoms with van der Waals surface area (Å²) in [4.78, 5) is 56.4. The van der Waals surface area contributed by atoms with Gasteiger partial charge in [0.05, 0.1) is 19.0 Å². The van der Waals surface area contributed by atoms with E-state index < -0.39 is 54.5 Å². The van der Waals surface area contributed by atoms with E-state index in [0.717, 1.165) is 5.56 Å². The molecule has 1 heterocycles. The van der Waals surface area contributed by atoms with Crippen LogP contribution in [-0.2, 0) is 32.0 Å². The number of hydrogen-bond acceptors (Lipinski definition) is 7. The molecule has 12 heteroatoms. The normalized spacial score (nSPS) is 14.4. The predicted octanol–water partition coefficient (Wildman–Crippen LogP) is -1.29. The second-order valence-electron chi connectivity index (χ2n) is 8.45. The summed E-state index contributed by atoms with van der Waals surface area (Å²) in [7, 11) is 0. The smallest absolute Gasteiger partial charge is 0.328 e. The van der Waals surface area contributed by atoms with Crippen LogP contribution in [0.3, 0.4) is 0 Å². The summed E-state index contributed by atoms with van der Waals surface area (Å²) in [5.74, 6) is -3.75. The Morgan fingerprint density at radius 1 is 0.971 bits per heavy atom. The second-order valence-corrected chi connectivity index (χ2v) is 8.45. The molecule has 8 N–H and O–H groups in total. The zero-order chi connectivity index (χ0) is 26.0. The van der Waals surface area contributed by atoms with Gasteiger partial charge in [0.25, 0.3) is 0 Å². The van der Waals surface area contributed by atoms with Crippen LogP contribution in [-0.4, -0.2) is 74.6 Å². The van der Waals surface area contributed by atoms with E-state index in [4.69, 9.17) is 10.8 Å². The molecular weight excluding hydrogens is 456 g/mol. The van der Waals surface area contributed by atoms with Crippen molar-refractivity contribution in [3.8, 4) is 0 Å². The van der Waals surface area contributed by atoms with Crippen LogP contribution >= 0.6 is 0 Å². The number of aliphatic hydroxyl groups is 1. The number of carboxylic acid groups (broad SMARTS) is 1. The molecule has 2 rings (SSSR count). The third kappa shape index (κ3) is 8.50. The van der Waals surface area contributed by atoms with Crippen LogP contribution in [0.15, 0.2) is 42.9 Å². The molecule has 0 aliphatic heterocycles. The lowest BCUT2D eigenvalue weighted by Crippen LogP contribution is -2.59. The highest BCUT2D eigenvalue weighted by Crippen LogP contribution is 2.07. The summed E-state index contributed by atoms with van der Waals surface area (Å²) in [6, 6.07) is 4.56. The number of aromatic amines is 1. The number of carbonyl (C=O) groups is 4. The van der Waals surface area contributed by atoms with Crippen molar-refractivity contribution in [2.45, 2.75) is 50.9 Å². The maximum absolute atomic E-state index is 13.1. The topological polar surface area (TPSA) is 200 Å². The van der Waals surface area contributed by atoms with E-state index in [0.29, 0.717) is 5.69 Å². The molecule has 3 amide bonds. The summed E-state index contributed by atoms with van der Waals surface area (Å²) in [5.41, 5.74) is 7.42. The van der Waals surface area contributed by atoms with Gasteiger partial charge < -0.3 is 36.9 Å². The summed E-state index contributed by atoms with van der Waals surface area (Å²) in [6.07, 6.45) is 3.10. The highest BCUT2D eigenvalue weighted by atomic mass is 16.4. The number of aliphatic carboxylic acids is 1. The first-order chi connectivity index (χ1) is 16.6. The standard InChI is InChI=1S/C23H32N6O6/c1-13(2)19(29-20(31)16(24)8-14-6-4-3-5-7-14)22(33)27-17(9-15-10-25-12-26-15)21(32)28-18(11-30)23(34)35/h3-7,10,12-13,16-19,30H,8-9,11,24H2,1-2H3,(H,25,26)(H,27,33)(H,28,32)(H,29,31)(H,34,35). The number of amides is 3. The van der Waals surface area contributed by atoms with E-state index in [2.05, 4.69) is 25.9 Å². The highest BCUT2D eigenvalue weighted by molar-refractivity contribution is 5.94. The van der Waals surface area contributed by atoms with Gasteiger partial charge in [-0.1, -0.05) is 44.2 Å². The molecule has 1 aromatic carbocycles. The molecule has 0 fully saturated rings. The number of imidazole rings is 1. The number of aliphatic hydroxyl groups excluding tert-OH is 1. The van der Waals surface area contributed by atoms with Crippen molar-refractivity contribution in [1.29, 1.82) is 0 Å². The quantitative estimate of drug-likeness (QED) is 0.180. The number of rotatable bonds is 13. The van der Waals surface area contributed by atoms with Crippen molar-refractivity contribution in [2.75, 3.05) is 6.61 Å². The summed E-state index contributed by atoms with van der Waals surface area (Å²) < 4.78 is 0. The molecule has 0 aliphatic rings. The Balaban J connectivity index is 2.11. The Bertz CT molecular complexity index is 982. The summed E-state index contributed by atoms with van der Waals surface area (Å²) in [6.45, 7) is 2.63. The SMILES string of the molecule is CC(C)C(NC(=O)C(N)Cc1ccccc1)C(=O)NC(Cc1cnc[nH]1)C(=O)NC(CO)C(=O)O. The van der Waals surface area contributed by atoms with E-state index in [9.17, 15) is 24.3 Å². The van der Waals surface area contributed by atoms with Crippen LogP contribution in [0, 0.1) is 5.92 Å². The molecule has 4 unspecified atom stereocenters. The predicted molar refractivity (Wildman–Crippen MR) is 126 cm³/mol. The Hall–Kier alpha value is -3.77. The third-order valence-corrected chi connectivity index (χ3v) is 5.29. The van der Waals surface area contributed by atoms with Crippen molar-refractivity contribution >= 4 is 23.7 Å². The number of nitrogens with one attached hydrogen (secondary N) is 4. The molecule has 0 radical (unpaired) electrons. The lowest BCUT2D eigenvalue weighted by Gasteiger charge is -2.26. The maximum atomic E-state index is 13.1. The van der Waals surface area contributed by atoms with Gasteiger partial charge in [-0.15, -0.1) is 0 Å². The molecule has 12 nitrogen and oxygen atoms in total. The first-order valence-corrected chi connectivity index (χ1v) is 11.1. The number of nitrogens with zero attached hydrogens (tertiary/aromatic N) is 1. The van der Waals surface area contributed by atoms with Gasteiger partial charge in [-0.25, -0.2) is 9.78 Å². The monoisotopic (exact) mass is 488 g/mol. The van der Waals surface area contributed by atoms with Crippen LogP contribution in [0.2, 0.25) is 0 Å². The van der Waals surface area contributed by atoms with Crippen molar-refractivity contribution in [3.63, 3.8) is 0 Å². The largest absolute Gasteiger partial charge is 0.480 e. The minimum absolute atomic E-state index is 0.0262. The molecule has 35 heavy (non-hydrogen) atoms. The summed E-state index contributed by atoms with van der Waals surface area (Å²) >= 11 is 0. The van der Waals surface area contributed by atoms with Crippen LogP contribution in [0.5, 0.6) is 0 Å². The fourth-order valence-corrected chi connectivity index (χ4v) is 3.30. The molecule has 0 saturated carbocycles. The van der Waals surface area contributed by atoms with E-state index in [1.807, 2.05) is 30.3 Å². The van der Waals surface area contributed by atoms with Gasteiger partial charge in [0.1, 0.15) is 18.1 Å². The number of hydrogen-bond donors (Lipinski definition) is 7. The Labute approximate surface area is 202 Å². The van der Waals surface area contributed by atoms with Gasteiger partial charge in [0.15, 0.2) is 0 Å². The number of H-pyrrole nitrogens is 1. The third-order valence-electron chi connectivity index (χ3n) is 5.29. The molecule has 2 aromatic rings. The van der Waals surface area contributed by atoms with Crippen LogP contribution in [0.4, 0.5) is 0 Å². The first-order valence-electron chi connectivity index (χ1n) is 11.1. The zero-order valence-electron chi connectivity index (χ0n) is 19.6.